The van der Waals surface area contributed by atoms with Gasteiger partial charge in [-0.15, -0.1) is 0 Å². The number of thiocarbonyl (C=S) groups is 1. The molecule has 1 fully saturated rings. The molecule has 5 rings (SSSR count). The fraction of sp³-hybridized carbons (Fsp3) is 0.167. The number of amides is 1. The van der Waals surface area contributed by atoms with Crippen LogP contribution in [0.2, 0.25) is 0 Å². The molecule has 0 aliphatic carbocycles. The van der Waals surface area contributed by atoms with Crippen LogP contribution in [0.25, 0.3) is 23.0 Å². The molecule has 0 radical (unpaired) electrons. The number of hydrogen-bond acceptors (Lipinski definition) is 5. The van der Waals surface area contributed by atoms with E-state index in [0.717, 1.165) is 40.2 Å². The molecule has 1 aliphatic heterocycles. The number of thioether (sulfide) groups is 1. The normalized spacial score (nSPS) is 15.4. The minimum atomic E-state index is -0.154. The predicted molar refractivity (Wildman–Crippen MR) is 155 cm³/mol. The molecule has 1 unspecified atom stereocenters. The molecule has 1 aromatic heterocycles. The summed E-state index contributed by atoms with van der Waals surface area (Å²) in [5, 5.41) is 4.91. The van der Waals surface area contributed by atoms with E-state index in [4.69, 9.17) is 22.1 Å². The molecule has 0 saturated carbocycles. The third-order valence-electron chi connectivity index (χ3n) is 6.12. The van der Waals surface area contributed by atoms with Crippen LogP contribution in [-0.2, 0) is 4.79 Å². The largest absolute Gasteiger partial charge is 0.494 e. The van der Waals surface area contributed by atoms with E-state index >= 15 is 0 Å². The van der Waals surface area contributed by atoms with Crippen LogP contribution in [0.15, 0.2) is 96.0 Å². The van der Waals surface area contributed by atoms with E-state index in [1.807, 2.05) is 109 Å². The van der Waals surface area contributed by atoms with Gasteiger partial charge in [0, 0.05) is 17.3 Å². The smallest absolute Gasteiger partial charge is 0.266 e. The highest BCUT2D eigenvalue weighted by atomic mass is 32.2. The lowest BCUT2D eigenvalue weighted by molar-refractivity contribution is -0.123. The molecule has 1 amide bonds. The van der Waals surface area contributed by atoms with E-state index in [-0.39, 0.29) is 11.9 Å². The second kappa shape index (κ2) is 11.2. The number of benzene rings is 3. The van der Waals surface area contributed by atoms with Crippen molar-refractivity contribution in [2.24, 2.45) is 0 Å². The van der Waals surface area contributed by atoms with E-state index < -0.39 is 0 Å². The molecule has 37 heavy (non-hydrogen) atoms. The van der Waals surface area contributed by atoms with Crippen LogP contribution in [0.1, 0.15) is 37.4 Å². The lowest BCUT2D eigenvalue weighted by Gasteiger charge is -2.23. The van der Waals surface area contributed by atoms with Gasteiger partial charge >= 0.3 is 0 Å². The molecule has 2 heterocycles. The van der Waals surface area contributed by atoms with Crippen LogP contribution in [-0.4, -0.2) is 31.5 Å². The lowest BCUT2D eigenvalue weighted by atomic mass is 10.1. The monoisotopic (exact) mass is 525 g/mol. The van der Waals surface area contributed by atoms with E-state index in [2.05, 4.69) is 6.92 Å². The second-order valence-corrected chi connectivity index (χ2v) is 10.4. The van der Waals surface area contributed by atoms with Crippen molar-refractivity contribution in [3.05, 3.63) is 107 Å². The molecule has 7 heteroatoms. The molecule has 5 nitrogen and oxygen atoms in total. The first kappa shape index (κ1) is 25.0. The first-order valence-corrected chi connectivity index (χ1v) is 13.5. The Labute approximate surface area is 226 Å². The Morgan fingerprint density at radius 2 is 1.76 bits per heavy atom. The van der Waals surface area contributed by atoms with Gasteiger partial charge in [0.05, 0.1) is 23.2 Å². The summed E-state index contributed by atoms with van der Waals surface area (Å²) in [6.07, 6.45) is 4.79. The van der Waals surface area contributed by atoms with E-state index in [1.54, 1.807) is 4.90 Å². The van der Waals surface area contributed by atoms with Crippen LogP contribution >= 0.6 is 24.0 Å². The van der Waals surface area contributed by atoms with Crippen molar-refractivity contribution in [1.29, 1.82) is 0 Å². The van der Waals surface area contributed by atoms with Gasteiger partial charge in [-0.2, -0.15) is 5.10 Å². The Balaban J connectivity index is 1.54. The van der Waals surface area contributed by atoms with Crippen molar-refractivity contribution in [2.45, 2.75) is 26.3 Å². The number of hydrogen-bond donors (Lipinski definition) is 0. The molecule has 4 aromatic rings. The standard InChI is InChI=1S/C30H27N3O2S2/c1-3-17-35-26-16-10-13-23(18-26)28-24(20-32(31-28)25-14-8-5-9-15-25)19-27-29(34)33(30(36)37-27)21(2)22-11-6-4-7-12-22/h4-16,18-21H,3,17H2,1-2H3/b27-19-. The van der Waals surface area contributed by atoms with Gasteiger partial charge in [0.25, 0.3) is 5.91 Å². The first-order valence-electron chi connectivity index (χ1n) is 12.3. The van der Waals surface area contributed by atoms with Crippen molar-refractivity contribution in [3.63, 3.8) is 0 Å². The zero-order chi connectivity index (χ0) is 25.8. The SMILES string of the molecule is CCCOc1cccc(-c2nn(-c3ccccc3)cc2/C=C2\SC(=S)N(C(C)c3ccccc3)C2=O)c1. The average Bonchev–Trinajstić information content (AvgIpc) is 3.48. The zero-order valence-electron chi connectivity index (χ0n) is 20.7. The van der Waals surface area contributed by atoms with Crippen LogP contribution in [0.3, 0.4) is 0 Å². The highest BCUT2D eigenvalue weighted by Crippen LogP contribution is 2.39. The molecule has 3 aromatic carbocycles. The average molecular weight is 526 g/mol. The Morgan fingerprint density at radius 3 is 2.49 bits per heavy atom. The summed E-state index contributed by atoms with van der Waals surface area (Å²) in [4.78, 5) is 15.8. The minimum Gasteiger partial charge on any atom is -0.494 e. The summed E-state index contributed by atoms with van der Waals surface area (Å²) >= 11 is 6.97. The van der Waals surface area contributed by atoms with Crippen LogP contribution in [0, 0.1) is 0 Å². The molecular weight excluding hydrogens is 498 g/mol. The van der Waals surface area contributed by atoms with Gasteiger partial charge < -0.3 is 4.74 Å². The van der Waals surface area contributed by atoms with Crippen molar-refractivity contribution in [1.82, 2.24) is 14.7 Å². The fourth-order valence-corrected chi connectivity index (χ4v) is 5.63. The van der Waals surface area contributed by atoms with Gasteiger partial charge in [-0.3, -0.25) is 9.69 Å². The molecule has 1 aliphatic rings. The fourth-order valence-electron chi connectivity index (χ4n) is 4.22. The topological polar surface area (TPSA) is 47.4 Å². The number of aromatic nitrogens is 2. The van der Waals surface area contributed by atoms with Gasteiger partial charge in [0.2, 0.25) is 0 Å². The Morgan fingerprint density at radius 1 is 1.03 bits per heavy atom. The van der Waals surface area contributed by atoms with E-state index in [0.29, 0.717) is 15.8 Å². The molecule has 0 bridgehead atoms. The highest BCUT2D eigenvalue weighted by Gasteiger charge is 2.36. The maximum Gasteiger partial charge on any atom is 0.266 e. The number of rotatable bonds is 8. The van der Waals surface area contributed by atoms with Crippen LogP contribution in [0.4, 0.5) is 0 Å². The van der Waals surface area contributed by atoms with Gasteiger partial charge in [0.15, 0.2) is 0 Å². The number of para-hydroxylation sites is 1. The second-order valence-electron chi connectivity index (χ2n) is 8.73. The Hall–Kier alpha value is -3.68. The van der Waals surface area contributed by atoms with Gasteiger partial charge in [-0.25, -0.2) is 4.68 Å². The summed E-state index contributed by atoms with van der Waals surface area (Å²) in [7, 11) is 0. The lowest BCUT2D eigenvalue weighted by Crippen LogP contribution is -2.30. The van der Waals surface area contributed by atoms with Crippen molar-refractivity contribution in [3.8, 4) is 22.7 Å². The molecule has 1 atom stereocenters. The van der Waals surface area contributed by atoms with Gasteiger partial charge in [-0.05, 0) is 49.2 Å². The van der Waals surface area contributed by atoms with E-state index in [1.165, 1.54) is 11.8 Å². The van der Waals surface area contributed by atoms with Crippen molar-refractivity contribution < 1.29 is 9.53 Å². The Bertz CT molecular complexity index is 1450. The summed E-state index contributed by atoms with van der Waals surface area (Å²) in [6.45, 7) is 4.73. The molecule has 186 valence electrons. The molecular formula is C30H27N3O2S2. The number of nitrogens with zero attached hydrogens (tertiary/aromatic N) is 3. The van der Waals surface area contributed by atoms with E-state index in [9.17, 15) is 4.79 Å². The summed E-state index contributed by atoms with van der Waals surface area (Å²) < 4.78 is 8.26. The van der Waals surface area contributed by atoms with Gasteiger partial charge in [-0.1, -0.05) is 91.6 Å². The zero-order valence-corrected chi connectivity index (χ0v) is 22.3. The maximum atomic E-state index is 13.5. The summed E-state index contributed by atoms with van der Waals surface area (Å²) in [5.41, 5.74) is 4.51. The number of carbonyl (C=O) groups is 1. The quantitative estimate of drug-likeness (QED) is 0.179. The molecule has 0 spiro atoms. The molecule has 1 saturated heterocycles. The van der Waals surface area contributed by atoms with Crippen LogP contribution < -0.4 is 4.74 Å². The molecule has 0 N–H and O–H groups in total. The third kappa shape index (κ3) is 5.38. The minimum absolute atomic E-state index is 0.0928. The third-order valence-corrected chi connectivity index (χ3v) is 7.45. The maximum absolute atomic E-state index is 13.5. The summed E-state index contributed by atoms with van der Waals surface area (Å²) in [6, 6.07) is 27.6. The highest BCUT2D eigenvalue weighted by molar-refractivity contribution is 8.26. The predicted octanol–water partition coefficient (Wildman–Crippen LogP) is 7.29. The van der Waals surface area contributed by atoms with Gasteiger partial charge in [0.1, 0.15) is 15.8 Å². The van der Waals surface area contributed by atoms with Crippen molar-refractivity contribution >= 4 is 40.3 Å². The number of ether oxygens (including phenoxy) is 1. The summed E-state index contributed by atoms with van der Waals surface area (Å²) in [5.74, 6) is 0.701. The van der Waals surface area contributed by atoms with Crippen LogP contribution in [0.5, 0.6) is 5.75 Å². The Kier molecular flexibility index (Phi) is 7.53. The number of carbonyl (C=O) groups excluding carboxylic acids is 1. The van der Waals surface area contributed by atoms with Crippen molar-refractivity contribution in [2.75, 3.05) is 6.61 Å². The first-order chi connectivity index (χ1) is 18.0.